The number of benzene rings is 1. The summed E-state index contributed by atoms with van der Waals surface area (Å²) in [6.45, 7) is 4.26. The minimum atomic E-state index is -0.780. The van der Waals surface area contributed by atoms with Gasteiger partial charge in [-0.3, -0.25) is 0 Å². The van der Waals surface area contributed by atoms with E-state index in [4.69, 9.17) is 0 Å². The molecule has 1 fully saturated rings. The Morgan fingerprint density at radius 1 is 1.29 bits per heavy atom. The van der Waals surface area contributed by atoms with Gasteiger partial charge in [0.2, 0.25) is 0 Å². The molecule has 2 rings (SSSR count). The van der Waals surface area contributed by atoms with Crippen molar-refractivity contribution < 1.29 is 8.78 Å². The highest BCUT2D eigenvalue weighted by molar-refractivity contribution is 5.50. The van der Waals surface area contributed by atoms with Gasteiger partial charge in [-0.2, -0.15) is 0 Å². The van der Waals surface area contributed by atoms with Crippen molar-refractivity contribution in [2.45, 2.75) is 45.1 Å². The van der Waals surface area contributed by atoms with Crippen molar-refractivity contribution >= 4 is 5.69 Å². The highest BCUT2D eigenvalue weighted by atomic mass is 19.2. The Kier molecular flexibility index (Phi) is 3.97. The molecule has 0 aromatic heterocycles. The van der Waals surface area contributed by atoms with Crippen molar-refractivity contribution in [1.29, 1.82) is 0 Å². The second kappa shape index (κ2) is 5.48. The van der Waals surface area contributed by atoms with Gasteiger partial charge in [0.25, 0.3) is 0 Å². The van der Waals surface area contributed by atoms with E-state index in [9.17, 15) is 8.78 Å². The Morgan fingerprint density at radius 3 is 2.82 bits per heavy atom. The molecule has 0 bridgehead atoms. The second-order valence-corrected chi connectivity index (χ2v) is 4.56. The quantitative estimate of drug-likeness (QED) is 0.759. The summed E-state index contributed by atoms with van der Waals surface area (Å²) < 4.78 is 26.1. The van der Waals surface area contributed by atoms with Crippen molar-refractivity contribution in [2.24, 2.45) is 0 Å². The Labute approximate surface area is 101 Å². The van der Waals surface area contributed by atoms with Crippen LogP contribution in [0.3, 0.4) is 0 Å². The van der Waals surface area contributed by atoms with E-state index in [1.165, 1.54) is 18.6 Å². The lowest BCUT2D eigenvalue weighted by Gasteiger charge is -2.37. The smallest absolute Gasteiger partial charge is 0.160 e. The van der Waals surface area contributed by atoms with Crippen LogP contribution in [0.1, 0.15) is 39.0 Å². The minimum absolute atomic E-state index is 0.429. The Hall–Kier alpha value is -1.12. The molecule has 0 unspecified atom stereocenters. The summed E-state index contributed by atoms with van der Waals surface area (Å²) in [5, 5.41) is 0. The molecule has 1 radical (unpaired) electrons. The van der Waals surface area contributed by atoms with Crippen LogP contribution in [0.15, 0.2) is 18.2 Å². The first-order chi connectivity index (χ1) is 8.22. The first-order valence-electron chi connectivity index (χ1n) is 6.29. The van der Waals surface area contributed by atoms with Gasteiger partial charge in [0, 0.05) is 24.3 Å². The number of nitrogens with zero attached hydrogens (tertiary/aromatic N) is 1. The molecular formula is C14H18F2N. The Balaban J connectivity index is 2.20. The molecule has 1 saturated heterocycles. The van der Waals surface area contributed by atoms with Crippen molar-refractivity contribution in [2.75, 3.05) is 4.90 Å². The third-order valence-corrected chi connectivity index (χ3v) is 3.28. The standard InChI is InChI=1S/C14H18F2N/c1-2-5-11-6-3-4-9-17(11)12-7-8-13(15)14(16)10-12/h7-11H,2-6H2,1H3/t11-/m0/s1. The number of anilines is 1. The Morgan fingerprint density at radius 2 is 2.12 bits per heavy atom. The fourth-order valence-electron chi connectivity index (χ4n) is 2.45. The molecule has 1 aromatic carbocycles. The lowest BCUT2D eigenvalue weighted by Crippen LogP contribution is -2.36. The number of hydrogen-bond donors (Lipinski definition) is 0. The topological polar surface area (TPSA) is 3.24 Å². The van der Waals surface area contributed by atoms with Gasteiger partial charge in [0.1, 0.15) is 0 Å². The van der Waals surface area contributed by atoms with E-state index in [0.29, 0.717) is 6.04 Å². The first-order valence-corrected chi connectivity index (χ1v) is 6.29. The van der Waals surface area contributed by atoms with E-state index < -0.39 is 11.6 Å². The number of rotatable bonds is 3. The lowest BCUT2D eigenvalue weighted by molar-refractivity contribution is 0.464. The molecule has 1 heterocycles. The van der Waals surface area contributed by atoms with E-state index in [0.717, 1.165) is 31.4 Å². The molecule has 0 aliphatic carbocycles. The van der Waals surface area contributed by atoms with E-state index in [1.54, 1.807) is 6.07 Å². The molecule has 1 aromatic rings. The van der Waals surface area contributed by atoms with Gasteiger partial charge in [-0.25, -0.2) is 8.78 Å². The van der Waals surface area contributed by atoms with Gasteiger partial charge in [-0.15, -0.1) is 0 Å². The van der Waals surface area contributed by atoms with Crippen LogP contribution in [-0.2, 0) is 0 Å². The van der Waals surface area contributed by atoms with Gasteiger partial charge < -0.3 is 4.90 Å². The van der Waals surface area contributed by atoms with Crippen molar-refractivity contribution in [3.63, 3.8) is 0 Å². The monoisotopic (exact) mass is 238 g/mol. The van der Waals surface area contributed by atoms with Crippen LogP contribution in [0, 0.1) is 18.2 Å². The molecule has 1 nitrogen and oxygen atoms in total. The highest BCUT2D eigenvalue weighted by Gasteiger charge is 2.22. The highest BCUT2D eigenvalue weighted by Crippen LogP contribution is 2.30. The maximum absolute atomic E-state index is 13.2. The first kappa shape index (κ1) is 12.3. The van der Waals surface area contributed by atoms with Gasteiger partial charge >= 0.3 is 0 Å². The number of halogens is 2. The molecule has 1 atom stereocenters. The average molecular weight is 238 g/mol. The zero-order valence-electron chi connectivity index (χ0n) is 10.1. The average Bonchev–Trinajstić information content (AvgIpc) is 2.34. The normalized spacial score (nSPS) is 20.6. The van der Waals surface area contributed by atoms with Gasteiger partial charge in [0.05, 0.1) is 0 Å². The fraction of sp³-hybridized carbons (Fsp3) is 0.500. The van der Waals surface area contributed by atoms with Gasteiger partial charge in [0.15, 0.2) is 11.6 Å². The summed E-state index contributed by atoms with van der Waals surface area (Å²) in [4.78, 5) is 2.11. The van der Waals surface area contributed by atoms with Crippen LogP contribution in [0.2, 0.25) is 0 Å². The van der Waals surface area contributed by atoms with E-state index in [2.05, 4.69) is 18.4 Å². The molecule has 93 valence electrons. The predicted molar refractivity (Wildman–Crippen MR) is 65.7 cm³/mol. The third-order valence-electron chi connectivity index (χ3n) is 3.28. The summed E-state index contributed by atoms with van der Waals surface area (Å²) in [5.74, 6) is -1.55. The maximum Gasteiger partial charge on any atom is 0.160 e. The van der Waals surface area contributed by atoms with Crippen LogP contribution in [-0.4, -0.2) is 6.04 Å². The van der Waals surface area contributed by atoms with Crippen molar-refractivity contribution in [3.8, 4) is 0 Å². The molecule has 0 N–H and O–H groups in total. The van der Waals surface area contributed by atoms with E-state index in [-0.39, 0.29) is 0 Å². The molecule has 0 spiro atoms. The summed E-state index contributed by atoms with van der Waals surface area (Å²) in [6, 6.07) is 4.58. The zero-order chi connectivity index (χ0) is 12.3. The molecule has 0 amide bonds. The molecule has 3 heteroatoms. The van der Waals surface area contributed by atoms with Crippen LogP contribution in [0.4, 0.5) is 14.5 Å². The third kappa shape index (κ3) is 2.76. The summed E-state index contributed by atoms with van der Waals surface area (Å²) >= 11 is 0. The largest absolute Gasteiger partial charge is 0.363 e. The molecule has 1 aliphatic rings. The van der Waals surface area contributed by atoms with Crippen molar-refractivity contribution in [1.82, 2.24) is 0 Å². The van der Waals surface area contributed by atoms with Gasteiger partial charge in [-0.05, 0) is 37.8 Å². The van der Waals surface area contributed by atoms with E-state index in [1.807, 2.05) is 0 Å². The molecule has 0 saturated carbocycles. The molecule has 17 heavy (non-hydrogen) atoms. The van der Waals surface area contributed by atoms with Crippen LogP contribution in [0.5, 0.6) is 0 Å². The predicted octanol–water partition coefficient (Wildman–Crippen LogP) is 4.29. The number of piperidine rings is 1. The minimum Gasteiger partial charge on any atom is -0.363 e. The summed E-state index contributed by atoms with van der Waals surface area (Å²) in [5.41, 5.74) is 0.766. The summed E-state index contributed by atoms with van der Waals surface area (Å²) in [7, 11) is 0. The van der Waals surface area contributed by atoms with Crippen LogP contribution >= 0.6 is 0 Å². The second-order valence-electron chi connectivity index (χ2n) is 4.56. The maximum atomic E-state index is 13.2. The zero-order valence-corrected chi connectivity index (χ0v) is 10.1. The van der Waals surface area contributed by atoms with Crippen LogP contribution < -0.4 is 4.90 Å². The van der Waals surface area contributed by atoms with E-state index >= 15 is 0 Å². The lowest BCUT2D eigenvalue weighted by atomic mass is 9.97. The molecular weight excluding hydrogens is 220 g/mol. The SMILES string of the molecule is CCC[C@H]1CCC[CH]N1c1ccc(F)c(F)c1. The van der Waals surface area contributed by atoms with Gasteiger partial charge in [-0.1, -0.05) is 13.3 Å². The van der Waals surface area contributed by atoms with Crippen LogP contribution in [0.25, 0.3) is 0 Å². The number of hydrogen-bond acceptors (Lipinski definition) is 1. The van der Waals surface area contributed by atoms with Crippen molar-refractivity contribution in [3.05, 3.63) is 36.4 Å². The fourth-order valence-corrected chi connectivity index (χ4v) is 2.45. The molecule has 1 aliphatic heterocycles. The Bertz CT molecular complexity index is 376. The summed E-state index contributed by atoms with van der Waals surface area (Å²) in [6.07, 6.45) is 5.53.